The number of nitrogens with zero attached hydrogens (tertiary/aromatic N) is 2. The standard InChI is InChI=1S/C8H16N2/c1-8(2,3)7(6-9)10(4)5/h7H,1-5H3. The number of hydrogen-bond acceptors (Lipinski definition) is 2. The van der Waals surface area contributed by atoms with E-state index in [0.717, 1.165) is 0 Å². The monoisotopic (exact) mass is 140 g/mol. The minimum absolute atomic E-state index is 0.00694. The Hall–Kier alpha value is -0.550. The van der Waals surface area contributed by atoms with Gasteiger partial charge in [-0.2, -0.15) is 5.26 Å². The Kier molecular flexibility index (Phi) is 2.86. The predicted octanol–water partition coefficient (Wildman–Crippen LogP) is 1.49. The van der Waals surface area contributed by atoms with Gasteiger partial charge in [0.15, 0.2) is 0 Å². The first-order chi connectivity index (χ1) is 4.39. The number of nitriles is 1. The molecule has 58 valence electrons. The van der Waals surface area contributed by atoms with E-state index in [1.165, 1.54) is 0 Å². The Morgan fingerprint density at radius 3 is 1.70 bits per heavy atom. The minimum Gasteiger partial charge on any atom is -0.294 e. The highest BCUT2D eigenvalue weighted by Crippen LogP contribution is 2.21. The van der Waals surface area contributed by atoms with Crippen molar-refractivity contribution >= 4 is 0 Å². The lowest BCUT2D eigenvalue weighted by Crippen LogP contribution is -2.37. The molecule has 0 aliphatic heterocycles. The largest absolute Gasteiger partial charge is 0.294 e. The third-order valence-corrected chi connectivity index (χ3v) is 1.46. The molecule has 0 aliphatic rings. The molecule has 0 radical (unpaired) electrons. The number of hydrogen-bond donors (Lipinski definition) is 0. The van der Waals surface area contributed by atoms with E-state index in [4.69, 9.17) is 5.26 Å². The zero-order chi connectivity index (χ0) is 8.36. The summed E-state index contributed by atoms with van der Waals surface area (Å²) >= 11 is 0. The van der Waals surface area contributed by atoms with Crippen LogP contribution in [0, 0.1) is 16.7 Å². The van der Waals surface area contributed by atoms with Gasteiger partial charge >= 0.3 is 0 Å². The predicted molar refractivity (Wildman–Crippen MR) is 42.5 cm³/mol. The zero-order valence-electron chi connectivity index (χ0n) is 7.47. The molecule has 2 nitrogen and oxygen atoms in total. The average molecular weight is 140 g/mol. The van der Waals surface area contributed by atoms with Crippen molar-refractivity contribution in [3.05, 3.63) is 0 Å². The fourth-order valence-corrected chi connectivity index (χ4v) is 1.08. The van der Waals surface area contributed by atoms with Gasteiger partial charge in [0.2, 0.25) is 0 Å². The topological polar surface area (TPSA) is 27.0 Å². The van der Waals surface area contributed by atoms with Crippen LogP contribution in [-0.2, 0) is 0 Å². The van der Waals surface area contributed by atoms with Crippen LogP contribution in [0.3, 0.4) is 0 Å². The van der Waals surface area contributed by atoms with Crippen LogP contribution >= 0.6 is 0 Å². The molecule has 0 saturated heterocycles. The average Bonchev–Trinajstić information content (AvgIpc) is 1.60. The summed E-state index contributed by atoms with van der Waals surface area (Å²) in [4.78, 5) is 1.94. The summed E-state index contributed by atoms with van der Waals surface area (Å²) in [7, 11) is 3.86. The van der Waals surface area contributed by atoms with Crippen molar-refractivity contribution in [2.45, 2.75) is 26.8 Å². The summed E-state index contributed by atoms with van der Waals surface area (Å²) in [6.45, 7) is 6.21. The van der Waals surface area contributed by atoms with Gasteiger partial charge in [-0.05, 0) is 19.5 Å². The maximum absolute atomic E-state index is 8.74. The second-order valence-electron chi connectivity index (χ2n) is 3.86. The lowest BCUT2D eigenvalue weighted by Gasteiger charge is -2.29. The Labute approximate surface area is 63.4 Å². The third kappa shape index (κ3) is 2.36. The smallest absolute Gasteiger partial charge is 0.102 e. The maximum Gasteiger partial charge on any atom is 0.102 e. The molecule has 0 N–H and O–H groups in total. The van der Waals surface area contributed by atoms with Gasteiger partial charge in [0.25, 0.3) is 0 Å². The van der Waals surface area contributed by atoms with Crippen molar-refractivity contribution in [3.8, 4) is 6.07 Å². The second-order valence-corrected chi connectivity index (χ2v) is 3.86. The molecule has 1 atom stereocenters. The van der Waals surface area contributed by atoms with Crippen LogP contribution in [0.2, 0.25) is 0 Å². The van der Waals surface area contributed by atoms with E-state index in [9.17, 15) is 0 Å². The molecule has 2 heteroatoms. The van der Waals surface area contributed by atoms with Crippen molar-refractivity contribution < 1.29 is 0 Å². The minimum atomic E-state index is 0.00694. The van der Waals surface area contributed by atoms with Crippen molar-refractivity contribution in [2.24, 2.45) is 5.41 Å². The molecule has 1 unspecified atom stereocenters. The summed E-state index contributed by atoms with van der Waals surface area (Å²) < 4.78 is 0. The first kappa shape index (κ1) is 9.45. The molecule has 0 fully saturated rings. The van der Waals surface area contributed by atoms with Crippen LogP contribution < -0.4 is 0 Å². The van der Waals surface area contributed by atoms with E-state index in [-0.39, 0.29) is 11.5 Å². The van der Waals surface area contributed by atoms with Gasteiger partial charge in [0, 0.05) is 0 Å². The Morgan fingerprint density at radius 1 is 1.30 bits per heavy atom. The molecule has 10 heavy (non-hydrogen) atoms. The lowest BCUT2D eigenvalue weighted by molar-refractivity contribution is 0.201. The van der Waals surface area contributed by atoms with Crippen LogP contribution in [0.1, 0.15) is 20.8 Å². The van der Waals surface area contributed by atoms with Crippen LogP contribution in [0.15, 0.2) is 0 Å². The SMILES string of the molecule is CN(C)C(C#N)C(C)(C)C. The molecular formula is C8H16N2. The molecule has 0 aromatic rings. The van der Waals surface area contributed by atoms with Gasteiger partial charge in [-0.25, -0.2) is 0 Å². The van der Waals surface area contributed by atoms with Crippen LogP contribution in [0.4, 0.5) is 0 Å². The summed E-state index contributed by atoms with van der Waals surface area (Å²) in [6, 6.07) is 2.27. The molecule has 0 rings (SSSR count). The van der Waals surface area contributed by atoms with Gasteiger partial charge in [-0.1, -0.05) is 20.8 Å². The van der Waals surface area contributed by atoms with Gasteiger partial charge in [0.1, 0.15) is 6.04 Å². The molecule has 0 amide bonds. The molecule has 0 saturated carbocycles. The highest BCUT2D eigenvalue weighted by atomic mass is 15.1. The van der Waals surface area contributed by atoms with Gasteiger partial charge < -0.3 is 0 Å². The molecule has 0 aromatic heterocycles. The first-order valence-corrected chi connectivity index (χ1v) is 3.45. The van der Waals surface area contributed by atoms with E-state index in [0.29, 0.717) is 0 Å². The molecule has 0 spiro atoms. The molecule has 0 bridgehead atoms. The summed E-state index contributed by atoms with van der Waals surface area (Å²) in [5.74, 6) is 0. The number of rotatable bonds is 1. The quantitative estimate of drug-likeness (QED) is 0.551. The van der Waals surface area contributed by atoms with Gasteiger partial charge in [0.05, 0.1) is 6.07 Å². The summed E-state index contributed by atoms with van der Waals surface area (Å²) in [5.41, 5.74) is 0.0538. The Balaban J connectivity index is 4.26. The van der Waals surface area contributed by atoms with Gasteiger partial charge in [-0.3, -0.25) is 4.90 Å². The van der Waals surface area contributed by atoms with Gasteiger partial charge in [-0.15, -0.1) is 0 Å². The lowest BCUT2D eigenvalue weighted by atomic mass is 9.87. The Morgan fingerprint density at radius 2 is 1.70 bits per heavy atom. The van der Waals surface area contributed by atoms with Crippen molar-refractivity contribution in [3.63, 3.8) is 0 Å². The third-order valence-electron chi connectivity index (χ3n) is 1.46. The normalized spacial score (nSPS) is 14.9. The van der Waals surface area contributed by atoms with E-state index < -0.39 is 0 Å². The first-order valence-electron chi connectivity index (χ1n) is 3.45. The van der Waals surface area contributed by atoms with Crippen LogP contribution in [-0.4, -0.2) is 25.0 Å². The van der Waals surface area contributed by atoms with E-state index in [1.54, 1.807) is 0 Å². The highest BCUT2D eigenvalue weighted by Gasteiger charge is 2.25. The Bertz CT molecular complexity index is 136. The van der Waals surface area contributed by atoms with Crippen LogP contribution in [0.25, 0.3) is 0 Å². The molecule has 0 heterocycles. The van der Waals surface area contributed by atoms with E-state index >= 15 is 0 Å². The van der Waals surface area contributed by atoms with E-state index in [1.807, 2.05) is 19.0 Å². The summed E-state index contributed by atoms with van der Waals surface area (Å²) in [5, 5.41) is 8.74. The molecule has 0 aromatic carbocycles. The second kappa shape index (κ2) is 3.03. The fraction of sp³-hybridized carbons (Fsp3) is 0.875. The maximum atomic E-state index is 8.74. The van der Waals surface area contributed by atoms with Crippen molar-refractivity contribution in [2.75, 3.05) is 14.1 Å². The highest BCUT2D eigenvalue weighted by molar-refractivity contribution is 4.97. The molecule has 0 aliphatic carbocycles. The van der Waals surface area contributed by atoms with Crippen molar-refractivity contribution in [1.29, 1.82) is 5.26 Å². The molecular weight excluding hydrogens is 124 g/mol. The summed E-state index contributed by atoms with van der Waals surface area (Å²) in [6.07, 6.45) is 0. The fourth-order valence-electron chi connectivity index (χ4n) is 1.08. The van der Waals surface area contributed by atoms with Crippen molar-refractivity contribution in [1.82, 2.24) is 4.90 Å². The van der Waals surface area contributed by atoms with Crippen LogP contribution in [0.5, 0.6) is 0 Å². The zero-order valence-corrected chi connectivity index (χ0v) is 7.47. The van der Waals surface area contributed by atoms with E-state index in [2.05, 4.69) is 26.8 Å².